The number of hydrogen-bond acceptors (Lipinski definition) is 2. The second kappa shape index (κ2) is 6.51. The molecular formula is C6H14O4. The Kier molecular flexibility index (Phi) is 7.88. The van der Waals surface area contributed by atoms with Crippen LogP contribution in [0.1, 0.15) is 20.3 Å². The molecule has 0 heterocycles. The van der Waals surface area contributed by atoms with Crippen LogP contribution in [0.2, 0.25) is 0 Å². The molecule has 0 bridgehead atoms. The molecule has 0 aromatic rings. The summed E-state index contributed by atoms with van der Waals surface area (Å²) >= 11 is 0. The maximum atomic E-state index is 10.2. The SMILES string of the molecule is CCOC(CC)C(=O)O.O. The van der Waals surface area contributed by atoms with Gasteiger partial charge in [-0.2, -0.15) is 0 Å². The van der Waals surface area contributed by atoms with Gasteiger partial charge in [0.2, 0.25) is 0 Å². The minimum atomic E-state index is -0.876. The van der Waals surface area contributed by atoms with E-state index in [1.54, 1.807) is 13.8 Å². The molecule has 1 unspecified atom stereocenters. The van der Waals surface area contributed by atoms with Crippen LogP contribution in [-0.4, -0.2) is 29.3 Å². The fourth-order valence-electron chi connectivity index (χ4n) is 0.565. The lowest BCUT2D eigenvalue weighted by Crippen LogP contribution is -2.22. The lowest BCUT2D eigenvalue weighted by atomic mass is 10.3. The normalized spacial score (nSPS) is 11.8. The molecule has 62 valence electrons. The van der Waals surface area contributed by atoms with E-state index in [2.05, 4.69) is 0 Å². The van der Waals surface area contributed by atoms with Gasteiger partial charge in [-0.25, -0.2) is 4.79 Å². The van der Waals surface area contributed by atoms with Crippen molar-refractivity contribution >= 4 is 5.97 Å². The lowest BCUT2D eigenvalue weighted by Gasteiger charge is -2.07. The van der Waals surface area contributed by atoms with Crippen LogP contribution in [0.15, 0.2) is 0 Å². The van der Waals surface area contributed by atoms with Crippen LogP contribution in [0, 0.1) is 0 Å². The fraction of sp³-hybridized carbons (Fsp3) is 0.833. The zero-order valence-corrected chi connectivity index (χ0v) is 6.26. The summed E-state index contributed by atoms with van der Waals surface area (Å²) in [5, 5.41) is 8.38. The first-order valence-corrected chi connectivity index (χ1v) is 3.06. The van der Waals surface area contributed by atoms with Gasteiger partial charge in [0.15, 0.2) is 6.10 Å². The van der Waals surface area contributed by atoms with Crippen LogP contribution in [0.25, 0.3) is 0 Å². The van der Waals surface area contributed by atoms with E-state index in [1.807, 2.05) is 0 Å². The first-order valence-electron chi connectivity index (χ1n) is 3.06. The van der Waals surface area contributed by atoms with E-state index in [9.17, 15) is 4.79 Å². The largest absolute Gasteiger partial charge is 0.479 e. The van der Waals surface area contributed by atoms with Crippen LogP contribution in [0.3, 0.4) is 0 Å². The number of carboxylic acid groups (broad SMARTS) is 1. The monoisotopic (exact) mass is 150 g/mol. The molecule has 3 N–H and O–H groups in total. The Morgan fingerprint density at radius 2 is 2.10 bits per heavy atom. The van der Waals surface area contributed by atoms with Gasteiger partial charge >= 0.3 is 5.97 Å². The summed E-state index contributed by atoms with van der Waals surface area (Å²) in [5.74, 6) is -0.876. The molecule has 0 saturated heterocycles. The average Bonchev–Trinajstić information content (AvgIpc) is 1.82. The predicted octanol–water partition coefficient (Wildman–Crippen LogP) is 0.0614. The van der Waals surface area contributed by atoms with Crippen molar-refractivity contribution in [3.8, 4) is 0 Å². The quantitative estimate of drug-likeness (QED) is 0.615. The second-order valence-corrected chi connectivity index (χ2v) is 1.69. The van der Waals surface area contributed by atoms with Crippen molar-refractivity contribution in [1.29, 1.82) is 0 Å². The van der Waals surface area contributed by atoms with Crippen LogP contribution in [0.5, 0.6) is 0 Å². The van der Waals surface area contributed by atoms with Crippen LogP contribution in [-0.2, 0) is 9.53 Å². The van der Waals surface area contributed by atoms with Crippen molar-refractivity contribution in [3.63, 3.8) is 0 Å². The Bertz CT molecular complexity index is 91.7. The van der Waals surface area contributed by atoms with Gasteiger partial charge in [-0.1, -0.05) is 6.92 Å². The molecule has 0 aromatic heterocycles. The van der Waals surface area contributed by atoms with Crippen molar-refractivity contribution in [2.75, 3.05) is 6.61 Å². The molecule has 4 nitrogen and oxygen atoms in total. The molecule has 0 aliphatic carbocycles. The van der Waals surface area contributed by atoms with Gasteiger partial charge in [0.05, 0.1) is 0 Å². The molecule has 0 aromatic carbocycles. The summed E-state index contributed by atoms with van der Waals surface area (Å²) in [7, 11) is 0. The Labute approximate surface area is 60.1 Å². The standard InChI is InChI=1S/C6H12O3.H2O/c1-3-5(6(7)8)9-4-2;/h5H,3-4H2,1-2H3,(H,7,8);1H2. The van der Waals surface area contributed by atoms with Gasteiger partial charge in [0.25, 0.3) is 0 Å². The van der Waals surface area contributed by atoms with Crippen molar-refractivity contribution < 1.29 is 20.1 Å². The van der Waals surface area contributed by atoms with Crippen LogP contribution < -0.4 is 0 Å². The van der Waals surface area contributed by atoms with Crippen LogP contribution in [0.4, 0.5) is 0 Å². The summed E-state index contributed by atoms with van der Waals surface area (Å²) in [6.07, 6.45) is -0.0848. The zero-order chi connectivity index (χ0) is 7.28. The van der Waals surface area contributed by atoms with E-state index in [0.717, 1.165) is 0 Å². The van der Waals surface area contributed by atoms with Crippen molar-refractivity contribution in [2.24, 2.45) is 0 Å². The molecule has 4 heteroatoms. The number of carbonyl (C=O) groups is 1. The fourth-order valence-corrected chi connectivity index (χ4v) is 0.565. The molecule has 0 amide bonds. The number of carboxylic acids is 1. The Balaban J connectivity index is 0. The first-order chi connectivity index (χ1) is 4.22. The highest BCUT2D eigenvalue weighted by Crippen LogP contribution is 1.96. The van der Waals surface area contributed by atoms with E-state index in [4.69, 9.17) is 9.84 Å². The van der Waals surface area contributed by atoms with Gasteiger partial charge in [-0.05, 0) is 13.3 Å². The third kappa shape index (κ3) is 4.29. The minimum absolute atomic E-state index is 0. The van der Waals surface area contributed by atoms with Gasteiger partial charge in [-0.3, -0.25) is 0 Å². The number of ether oxygens (including phenoxy) is 1. The smallest absolute Gasteiger partial charge is 0.332 e. The zero-order valence-electron chi connectivity index (χ0n) is 6.26. The van der Waals surface area contributed by atoms with E-state index in [1.165, 1.54) is 0 Å². The number of rotatable bonds is 4. The number of aliphatic carboxylic acids is 1. The Morgan fingerprint density at radius 1 is 1.60 bits per heavy atom. The van der Waals surface area contributed by atoms with E-state index >= 15 is 0 Å². The number of hydrogen-bond donors (Lipinski definition) is 1. The molecule has 0 aliphatic heterocycles. The third-order valence-electron chi connectivity index (χ3n) is 1.01. The highest BCUT2D eigenvalue weighted by atomic mass is 16.5. The van der Waals surface area contributed by atoms with Crippen molar-refractivity contribution in [2.45, 2.75) is 26.4 Å². The summed E-state index contributed by atoms with van der Waals surface area (Å²) in [6.45, 7) is 4.03. The maximum Gasteiger partial charge on any atom is 0.332 e. The predicted molar refractivity (Wildman–Crippen MR) is 37.0 cm³/mol. The maximum absolute atomic E-state index is 10.2. The van der Waals surface area contributed by atoms with Gasteiger partial charge in [0.1, 0.15) is 0 Å². The van der Waals surface area contributed by atoms with E-state index in [-0.39, 0.29) is 5.48 Å². The van der Waals surface area contributed by atoms with E-state index in [0.29, 0.717) is 13.0 Å². The highest BCUT2D eigenvalue weighted by Gasteiger charge is 2.13. The summed E-state index contributed by atoms with van der Waals surface area (Å²) in [5.41, 5.74) is 0. The molecule has 10 heavy (non-hydrogen) atoms. The summed E-state index contributed by atoms with van der Waals surface area (Å²) < 4.78 is 4.85. The minimum Gasteiger partial charge on any atom is -0.479 e. The second-order valence-electron chi connectivity index (χ2n) is 1.69. The molecule has 0 aliphatic rings. The van der Waals surface area contributed by atoms with Gasteiger partial charge in [-0.15, -0.1) is 0 Å². The molecule has 0 radical (unpaired) electrons. The van der Waals surface area contributed by atoms with E-state index < -0.39 is 12.1 Å². The Hall–Kier alpha value is -0.610. The summed E-state index contributed by atoms with van der Waals surface area (Å²) in [4.78, 5) is 10.2. The molecule has 0 fully saturated rings. The third-order valence-corrected chi connectivity index (χ3v) is 1.01. The summed E-state index contributed by atoms with van der Waals surface area (Å²) in [6, 6.07) is 0. The Morgan fingerprint density at radius 3 is 2.20 bits per heavy atom. The molecule has 0 saturated carbocycles. The topological polar surface area (TPSA) is 78.0 Å². The van der Waals surface area contributed by atoms with Crippen molar-refractivity contribution in [1.82, 2.24) is 0 Å². The highest BCUT2D eigenvalue weighted by molar-refractivity contribution is 5.72. The lowest BCUT2D eigenvalue weighted by molar-refractivity contribution is -0.150. The molecule has 0 spiro atoms. The van der Waals surface area contributed by atoms with Gasteiger partial charge < -0.3 is 15.3 Å². The molecule has 1 atom stereocenters. The van der Waals surface area contributed by atoms with Crippen molar-refractivity contribution in [3.05, 3.63) is 0 Å². The van der Waals surface area contributed by atoms with Gasteiger partial charge in [0, 0.05) is 6.61 Å². The average molecular weight is 150 g/mol. The molecule has 0 rings (SSSR count). The first kappa shape index (κ1) is 12.1. The van der Waals surface area contributed by atoms with Crippen LogP contribution >= 0.6 is 0 Å². The molecular weight excluding hydrogens is 136 g/mol.